The fourth-order valence-corrected chi connectivity index (χ4v) is 4.94. The van der Waals surface area contributed by atoms with Crippen LogP contribution in [0.1, 0.15) is 142 Å². The third kappa shape index (κ3) is 26.7. The van der Waals surface area contributed by atoms with Gasteiger partial charge in [0, 0.05) is 33.5 Å². The standard InChI is InChI=1S/C31H65NO3/c1-4-6-8-10-11-17-23-31(22-16-9-7-5-2)30-35-29-21-15-13-19-25-32(26-27-33)24-18-12-14-20-28-34-3/h31,33H,4-30H2,1-3H3. The lowest BCUT2D eigenvalue weighted by Crippen LogP contribution is -2.29. The summed E-state index contributed by atoms with van der Waals surface area (Å²) < 4.78 is 11.3. The quantitative estimate of drug-likeness (QED) is 0.101. The molecule has 35 heavy (non-hydrogen) atoms. The van der Waals surface area contributed by atoms with Crippen molar-refractivity contribution < 1.29 is 14.6 Å². The number of ether oxygens (including phenoxy) is 2. The molecule has 0 fully saturated rings. The van der Waals surface area contributed by atoms with Gasteiger partial charge >= 0.3 is 0 Å². The van der Waals surface area contributed by atoms with Gasteiger partial charge in [0.05, 0.1) is 6.61 Å². The highest BCUT2D eigenvalue weighted by Crippen LogP contribution is 2.19. The summed E-state index contributed by atoms with van der Waals surface area (Å²) in [6.45, 7) is 10.7. The average molecular weight is 500 g/mol. The number of hydrogen-bond donors (Lipinski definition) is 1. The molecular weight excluding hydrogens is 434 g/mol. The molecule has 4 nitrogen and oxygen atoms in total. The summed E-state index contributed by atoms with van der Waals surface area (Å²) in [7, 11) is 1.78. The molecule has 0 bridgehead atoms. The van der Waals surface area contributed by atoms with Gasteiger partial charge in [-0.3, -0.25) is 0 Å². The Morgan fingerprint density at radius 2 is 1.06 bits per heavy atom. The van der Waals surface area contributed by atoms with Crippen LogP contribution >= 0.6 is 0 Å². The number of unbranched alkanes of at least 4 members (excludes halogenated alkanes) is 14. The van der Waals surface area contributed by atoms with Crippen molar-refractivity contribution in [1.82, 2.24) is 4.90 Å². The van der Waals surface area contributed by atoms with Crippen molar-refractivity contribution in [2.24, 2.45) is 5.92 Å². The summed E-state index contributed by atoms with van der Waals surface area (Å²) in [4.78, 5) is 2.44. The summed E-state index contributed by atoms with van der Waals surface area (Å²) in [6.07, 6.45) is 26.5. The molecule has 0 spiro atoms. The van der Waals surface area contributed by atoms with E-state index in [0.717, 1.165) is 51.8 Å². The first kappa shape index (κ1) is 34.8. The van der Waals surface area contributed by atoms with E-state index < -0.39 is 0 Å². The Balaban J connectivity index is 3.84. The van der Waals surface area contributed by atoms with Crippen LogP contribution in [-0.2, 0) is 9.47 Å². The topological polar surface area (TPSA) is 41.9 Å². The first-order valence-electron chi connectivity index (χ1n) is 15.7. The van der Waals surface area contributed by atoms with E-state index in [1.54, 1.807) is 7.11 Å². The number of aliphatic hydroxyl groups excluding tert-OH is 1. The minimum Gasteiger partial charge on any atom is -0.395 e. The lowest BCUT2D eigenvalue weighted by molar-refractivity contribution is 0.0877. The number of hydrogen-bond acceptors (Lipinski definition) is 4. The van der Waals surface area contributed by atoms with Gasteiger partial charge in [-0.25, -0.2) is 0 Å². The van der Waals surface area contributed by atoms with E-state index >= 15 is 0 Å². The summed E-state index contributed by atoms with van der Waals surface area (Å²) in [5.74, 6) is 0.777. The highest BCUT2D eigenvalue weighted by molar-refractivity contribution is 4.61. The summed E-state index contributed by atoms with van der Waals surface area (Å²) in [6, 6.07) is 0. The largest absolute Gasteiger partial charge is 0.395 e. The molecule has 0 aliphatic heterocycles. The number of methoxy groups -OCH3 is 1. The second-order valence-electron chi connectivity index (χ2n) is 10.7. The van der Waals surface area contributed by atoms with Gasteiger partial charge < -0.3 is 19.5 Å². The van der Waals surface area contributed by atoms with E-state index in [0.29, 0.717) is 0 Å². The Labute approximate surface area is 220 Å². The molecule has 0 aliphatic rings. The maximum atomic E-state index is 9.36. The van der Waals surface area contributed by atoms with Gasteiger partial charge in [0.25, 0.3) is 0 Å². The monoisotopic (exact) mass is 499 g/mol. The van der Waals surface area contributed by atoms with Gasteiger partial charge in [-0.15, -0.1) is 0 Å². The Kier molecular flexibility index (Phi) is 29.9. The SMILES string of the molecule is CCCCCCCCC(CCCCCC)COCCCCCCN(CCO)CCCCCCOC. The van der Waals surface area contributed by atoms with E-state index in [-0.39, 0.29) is 6.61 Å². The predicted molar refractivity (Wildman–Crippen MR) is 153 cm³/mol. The molecule has 1 unspecified atom stereocenters. The zero-order chi connectivity index (χ0) is 25.7. The lowest BCUT2D eigenvalue weighted by Gasteiger charge is -2.21. The molecule has 1 atom stereocenters. The van der Waals surface area contributed by atoms with Crippen molar-refractivity contribution in [3.63, 3.8) is 0 Å². The molecule has 0 saturated heterocycles. The Hall–Kier alpha value is -0.160. The molecule has 0 aromatic heterocycles. The van der Waals surface area contributed by atoms with Crippen LogP contribution < -0.4 is 0 Å². The molecule has 0 radical (unpaired) electrons. The fraction of sp³-hybridized carbons (Fsp3) is 1.00. The van der Waals surface area contributed by atoms with Crippen molar-refractivity contribution >= 4 is 0 Å². The molecule has 0 aromatic carbocycles. The molecule has 0 aromatic rings. The van der Waals surface area contributed by atoms with Crippen LogP contribution in [0.5, 0.6) is 0 Å². The minimum absolute atomic E-state index is 0.274. The molecular formula is C31H65NO3. The number of nitrogens with zero attached hydrogens (tertiary/aromatic N) is 1. The van der Waals surface area contributed by atoms with Gasteiger partial charge in [-0.05, 0) is 57.5 Å². The van der Waals surface area contributed by atoms with Gasteiger partial charge in [0.15, 0.2) is 0 Å². The van der Waals surface area contributed by atoms with Crippen LogP contribution in [0.4, 0.5) is 0 Å². The Morgan fingerprint density at radius 3 is 1.63 bits per heavy atom. The first-order valence-corrected chi connectivity index (χ1v) is 15.7. The van der Waals surface area contributed by atoms with E-state index in [2.05, 4.69) is 18.7 Å². The normalized spacial score (nSPS) is 12.6. The summed E-state index contributed by atoms with van der Waals surface area (Å²) >= 11 is 0. The summed E-state index contributed by atoms with van der Waals surface area (Å²) in [5, 5.41) is 9.36. The highest BCUT2D eigenvalue weighted by Gasteiger charge is 2.09. The number of aliphatic hydroxyl groups is 1. The zero-order valence-electron chi connectivity index (χ0n) is 24.4. The summed E-state index contributed by atoms with van der Waals surface area (Å²) in [5.41, 5.74) is 0. The molecule has 0 amide bonds. The zero-order valence-corrected chi connectivity index (χ0v) is 24.4. The van der Waals surface area contributed by atoms with Gasteiger partial charge in [0.1, 0.15) is 0 Å². The van der Waals surface area contributed by atoms with Gasteiger partial charge in [-0.2, -0.15) is 0 Å². The highest BCUT2D eigenvalue weighted by atomic mass is 16.5. The smallest absolute Gasteiger partial charge is 0.0558 e. The average Bonchev–Trinajstić information content (AvgIpc) is 2.86. The molecule has 0 saturated carbocycles. The predicted octanol–water partition coefficient (Wildman–Crippen LogP) is 8.40. The van der Waals surface area contributed by atoms with E-state index in [1.165, 1.54) is 122 Å². The van der Waals surface area contributed by atoms with Crippen molar-refractivity contribution in [3.05, 3.63) is 0 Å². The molecule has 4 heteroatoms. The number of rotatable bonds is 30. The van der Waals surface area contributed by atoms with E-state index in [4.69, 9.17) is 9.47 Å². The fourth-order valence-electron chi connectivity index (χ4n) is 4.94. The third-order valence-corrected chi connectivity index (χ3v) is 7.29. The van der Waals surface area contributed by atoms with Crippen LogP contribution in [0.2, 0.25) is 0 Å². The molecule has 0 aliphatic carbocycles. The molecule has 0 rings (SSSR count). The molecule has 212 valence electrons. The van der Waals surface area contributed by atoms with Crippen LogP contribution in [0.25, 0.3) is 0 Å². The second-order valence-corrected chi connectivity index (χ2v) is 10.7. The van der Waals surface area contributed by atoms with Crippen LogP contribution in [0.3, 0.4) is 0 Å². The first-order chi connectivity index (χ1) is 17.3. The van der Waals surface area contributed by atoms with E-state index in [1.807, 2.05) is 0 Å². The second kappa shape index (κ2) is 30.1. The van der Waals surface area contributed by atoms with Crippen LogP contribution in [0.15, 0.2) is 0 Å². The van der Waals surface area contributed by atoms with Crippen molar-refractivity contribution in [1.29, 1.82) is 0 Å². The van der Waals surface area contributed by atoms with E-state index in [9.17, 15) is 5.11 Å². The Morgan fingerprint density at radius 1 is 0.571 bits per heavy atom. The molecule has 0 heterocycles. The van der Waals surface area contributed by atoms with Crippen molar-refractivity contribution in [3.8, 4) is 0 Å². The van der Waals surface area contributed by atoms with Crippen molar-refractivity contribution in [2.75, 3.05) is 53.2 Å². The lowest BCUT2D eigenvalue weighted by atomic mass is 9.95. The maximum absolute atomic E-state index is 9.36. The third-order valence-electron chi connectivity index (χ3n) is 7.29. The van der Waals surface area contributed by atoms with Gasteiger partial charge in [-0.1, -0.05) is 104 Å². The minimum atomic E-state index is 0.274. The van der Waals surface area contributed by atoms with Crippen LogP contribution in [-0.4, -0.2) is 63.2 Å². The van der Waals surface area contributed by atoms with Crippen molar-refractivity contribution in [2.45, 2.75) is 142 Å². The van der Waals surface area contributed by atoms with Gasteiger partial charge in [0.2, 0.25) is 0 Å². The maximum Gasteiger partial charge on any atom is 0.0558 e. The molecule has 1 N–H and O–H groups in total. The van der Waals surface area contributed by atoms with Crippen LogP contribution in [0, 0.1) is 5.92 Å². The Bertz CT molecular complexity index is 380.